The van der Waals surface area contributed by atoms with Crippen LogP contribution in [0, 0.1) is 0 Å². The zero-order valence-electron chi connectivity index (χ0n) is 4.81. The van der Waals surface area contributed by atoms with Crippen LogP contribution >= 0.6 is 22.5 Å². The summed E-state index contributed by atoms with van der Waals surface area (Å²) >= 11 is 4.76. The molecule has 0 fully saturated rings. The predicted octanol–water partition coefficient (Wildman–Crippen LogP) is 3.02. The molecule has 0 aromatic rings. The van der Waals surface area contributed by atoms with Gasteiger partial charge in [-0.25, -0.2) is 0 Å². The first kappa shape index (κ1) is 7.70. The monoisotopic (exact) mass is 135 g/mol. The van der Waals surface area contributed by atoms with Crippen LogP contribution < -0.4 is 0 Å². The van der Waals surface area contributed by atoms with E-state index < -0.39 is 0 Å². The molecule has 0 heterocycles. The second kappa shape index (κ2) is 4.85. The Morgan fingerprint density at radius 2 is 2.29 bits per heavy atom. The fraction of sp³-hybridized carbons (Fsp3) is 1.00. The number of hydrogen-bond acceptors (Lipinski definition) is 1. The van der Waals surface area contributed by atoms with Crippen LogP contribution in [-0.4, -0.2) is 5.25 Å². The van der Waals surface area contributed by atoms with Gasteiger partial charge in [-0.1, -0.05) is 31.1 Å². The number of hydrogen-bond donors (Lipinski definition) is 0. The molecule has 0 nitrogen and oxygen atoms in total. The quantitative estimate of drug-likeness (QED) is 0.536. The molecule has 0 saturated heterocycles. The number of rotatable bonds is 3. The molecule has 0 N–H and O–H groups in total. The van der Waals surface area contributed by atoms with Crippen LogP contribution in [0.1, 0.15) is 26.7 Å². The van der Waals surface area contributed by atoms with E-state index in [0.717, 1.165) is 0 Å². The van der Waals surface area contributed by atoms with E-state index in [1.807, 2.05) is 0 Å². The SMILES string of the molecule is CCCC(C)S[S]. The summed E-state index contributed by atoms with van der Waals surface area (Å²) in [7, 11) is 1.53. The van der Waals surface area contributed by atoms with Gasteiger partial charge in [-0.15, -0.1) is 0 Å². The summed E-state index contributed by atoms with van der Waals surface area (Å²) in [6.07, 6.45) is 2.51. The third kappa shape index (κ3) is 4.56. The molecule has 7 heavy (non-hydrogen) atoms. The Morgan fingerprint density at radius 3 is 2.43 bits per heavy atom. The highest BCUT2D eigenvalue weighted by Gasteiger charge is 1.94. The van der Waals surface area contributed by atoms with Crippen LogP contribution in [0.3, 0.4) is 0 Å². The van der Waals surface area contributed by atoms with Gasteiger partial charge in [-0.05, 0) is 18.1 Å². The molecule has 0 aliphatic heterocycles. The normalized spacial score (nSPS) is 14.1. The first-order valence-electron chi connectivity index (χ1n) is 2.60. The summed E-state index contributed by atoms with van der Waals surface area (Å²) in [5, 5.41) is 0.681. The summed E-state index contributed by atoms with van der Waals surface area (Å²) in [6.45, 7) is 4.35. The third-order valence-corrected chi connectivity index (χ3v) is 2.41. The fourth-order valence-electron chi connectivity index (χ4n) is 0.455. The van der Waals surface area contributed by atoms with Gasteiger partial charge < -0.3 is 0 Å². The van der Waals surface area contributed by atoms with Gasteiger partial charge in [0.15, 0.2) is 0 Å². The Labute approximate surface area is 54.9 Å². The Kier molecular flexibility index (Phi) is 5.33. The molecule has 0 aliphatic carbocycles. The molecule has 1 radical (unpaired) electrons. The average Bonchev–Trinajstić information content (AvgIpc) is 1.68. The molecule has 2 heteroatoms. The van der Waals surface area contributed by atoms with E-state index in [1.165, 1.54) is 23.6 Å². The van der Waals surface area contributed by atoms with Crippen LogP contribution in [0.5, 0.6) is 0 Å². The van der Waals surface area contributed by atoms with Crippen molar-refractivity contribution in [2.24, 2.45) is 0 Å². The predicted molar refractivity (Wildman–Crippen MR) is 39.6 cm³/mol. The topological polar surface area (TPSA) is 0 Å². The maximum atomic E-state index is 4.76. The molecule has 0 amide bonds. The zero-order chi connectivity index (χ0) is 5.70. The van der Waals surface area contributed by atoms with Crippen LogP contribution in [0.25, 0.3) is 0 Å². The molecule has 1 atom stereocenters. The van der Waals surface area contributed by atoms with E-state index >= 15 is 0 Å². The van der Waals surface area contributed by atoms with E-state index in [9.17, 15) is 0 Å². The molecule has 1 unspecified atom stereocenters. The summed E-state index contributed by atoms with van der Waals surface area (Å²) in [5.74, 6) is 0. The van der Waals surface area contributed by atoms with E-state index in [-0.39, 0.29) is 0 Å². The molecule has 0 rings (SSSR count). The van der Waals surface area contributed by atoms with Crippen LogP contribution in [0.15, 0.2) is 0 Å². The standard InChI is InChI=1S/C5H11S2/c1-3-4-5(2)7-6/h5H,3-4H2,1-2H3. The second-order valence-corrected chi connectivity index (χ2v) is 3.27. The average molecular weight is 135 g/mol. The van der Waals surface area contributed by atoms with Gasteiger partial charge in [0.1, 0.15) is 0 Å². The zero-order valence-corrected chi connectivity index (χ0v) is 6.44. The Morgan fingerprint density at radius 1 is 1.71 bits per heavy atom. The van der Waals surface area contributed by atoms with Crippen LogP contribution in [0.4, 0.5) is 0 Å². The third-order valence-electron chi connectivity index (χ3n) is 0.859. The van der Waals surface area contributed by atoms with Gasteiger partial charge in [0.25, 0.3) is 0 Å². The molecular weight excluding hydrogens is 124 g/mol. The molecular formula is C5H11S2. The van der Waals surface area contributed by atoms with Gasteiger partial charge in [0.2, 0.25) is 0 Å². The van der Waals surface area contributed by atoms with E-state index in [1.54, 1.807) is 0 Å². The molecule has 0 aliphatic rings. The lowest BCUT2D eigenvalue weighted by molar-refractivity contribution is 0.790. The maximum absolute atomic E-state index is 4.76. The summed E-state index contributed by atoms with van der Waals surface area (Å²) < 4.78 is 0. The maximum Gasteiger partial charge on any atom is 0.0131 e. The van der Waals surface area contributed by atoms with Crippen molar-refractivity contribution in [3.8, 4) is 0 Å². The van der Waals surface area contributed by atoms with Crippen molar-refractivity contribution in [3.05, 3.63) is 0 Å². The highest BCUT2D eigenvalue weighted by Crippen LogP contribution is 2.17. The van der Waals surface area contributed by atoms with Gasteiger partial charge in [-0.2, -0.15) is 0 Å². The molecule has 0 saturated carbocycles. The molecule has 0 aromatic carbocycles. The van der Waals surface area contributed by atoms with Crippen LogP contribution in [0.2, 0.25) is 0 Å². The van der Waals surface area contributed by atoms with E-state index in [4.69, 9.17) is 11.7 Å². The second-order valence-electron chi connectivity index (χ2n) is 1.70. The summed E-state index contributed by atoms with van der Waals surface area (Å²) in [6, 6.07) is 0. The minimum Gasteiger partial charge on any atom is -0.0786 e. The van der Waals surface area contributed by atoms with Crippen LogP contribution in [-0.2, 0) is 0 Å². The summed E-state index contributed by atoms with van der Waals surface area (Å²) in [5.41, 5.74) is 0. The van der Waals surface area contributed by atoms with Crippen molar-refractivity contribution in [2.75, 3.05) is 0 Å². The minimum atomic E-state index is 0.681. The Hall–Kier alpha value is 0.700. The molecule has 0 aromatic heterocycles. The molecule has 43 valence electrons. The van der Waals surface area contributed by atoms with E-state index in [2.05, 4.69) is 13.8 Å². The molecule has 0 bridgehead atoms. The van der Waals surface area contributed by atoms with Crippen molar-refractivity contribution >= 4 is 22.5 Å². The van der Waals surface area contributed by atoms with Crippen molar-refractivity contribution in [1.82, 2.24) is 0 Å². The Bertz CT molecular complexity index is 37.1. The van der Waals surface area contributed by atoms with Crippen molar-refractivity contribution < 1.29 is 0 Å². The van der Waals surface area contributed by atoms with Crippen molar-refractivity contribution in [2.45, 2.75) is 31.9 Å². The van der Waals surface area contributed by atoms with Gasteiger partial charge in [0.05, 0.1) is 0 Å². The largest absolute Gasteiger partial charge is 0.0786 e. The summed E-state index contributed by atoms with van der Waals surface area (Å²) in [4.78, 5) is 0. The molecule has 0 spiro atoms. The minimum absolute atomic E-state index is 0.681. The highest BCUT2D eigenvalue weighted by molar-refractivity contribution is 8.68. The van der Waals surface area contributed by atoms with Gasteiger partial charge >= 0.3 is 0 Å². The van der Waals surface area contributed by atoms with E-state index in [0.29, 0.717) is 5.25 Å². The first-order chi connectivity index (χ1) is 3.31. The Balaban J connectivity index is 2.83. The lowest BCUT2D eigenvalue weighted by Gasteiger charge is -2.00. The van der Waals surface area contributed by atoms with Gasteiger partial charge in [0, 0.05) is 5.25 Å². The van der Waals surface area contributed by atoms with Gasteiger partial charge in [-0.3, -0.25) is 0 Å². The lowest BCUT2D eigenvalue weighted by atomic mass is 10.3. The lowest BCUT2D eigenvalue weighted by Crippen LogP contribution is -1.89. The highest BCUT2D eigenvalue weighted by atomic mass is 33.1. The fourth-order valence-corrected chi connectivity index (χ4v) is 1.08. The van der Waals surface area contributed by atoms with Crippen molar-refractivity contribution in [1.29, 1.82) is 0 Å². The first-order valence-corrected chi connectivity index (χ1v) is 4.40. The van der Waals surface area contributed by atoms with Crippen molar-refractivity contribution in [3.63, 3.8) is 0 Å². The smallest absolute Gasteiger partial charge is 0.0131 e.